The molecule has 0 aromatic heterocycles. The van der Waals surface area contributed by atoms with Gasteiger partial charge in [0.2, 0.25) is 10.0 Å². The number of terminal acetylenes is 1. The number of aliphatic hydroxyl groups excluding tert-OH is 1. The Morgan fingerprint density at radius 2 is 1.62 bits per heavy atom. The third-order valence-corrected chi connectivity index (χ3v) is 6.95. The van der Waals surface area contributed by atoms with E-state index in [0.717, 1.165) is 11.1 Å². The summed E-state index contributed by atoms with van der Waals surface area (Å²) in [5.74, 6) is 1.89. The molecule has 0 amide bonds. The van der Waals surface area contributed by atoms with Gasteiger partial charge in [0, 0.05) is 6.04 Å². The zero-order valence-electron chi connectivity index (χ0n) is 17.8. The van der Waals surface area contributed by atoms with Crippen LogP contribution in [-0.4, -0.2) is 25.7 Å². The van der Waals surface area contributed by atoms with Crippen LogP contribution in [0.1, 0.15) is 36.1 Å². The van der Waals surface area contributed by atoms with Gasteiger partial charge in [-0.05, 0) is 49.8 Å². The van der Waals surface area contributed by atoms with Crippen molar-refractivity contribution in [2.45, 2.75) is 58.1 Å². The molecule has 0 unspecified atom stereocenters. The molecule has 2 aromatic carbocycles. The molecule has 3 atom stereocenters. The first kappa shape index (κ1) is 23.2. The van der Waals surface area contributed by atoms with Crippen LogP contribution < -0.4 is 4.72 Å². The summed E-state index contributed by atoms with van der Waals surface area (Å²) in [6, 6.07) is 12.6. The Bertz CT molecular complexity index is 952. The normalized spacial score (nSPS) is 15.0. The van der Waals surface area contributed by atoms with Crippen molar-refractivity contribution in [1.82, 2.24) is 4.72 Å². The molecule has 0 aliphatic rings. The molecule has 5 heteroatoms. The first-order valence-electron chi connectivity index (χ1n) is 9.85. The zero-order valence-corrected chi connectivity index (χ0v) is 18.6. The standard InChI is InChI=1S/C24H31NO3S/c1-7-21(23(26)16(2)3)22(15-20-11-9-8-10-12-20)25-29(27,28)24-18(5)13-17(4)14-19(24)6/h1,8-14,16,21-23,25-26H,15H2,2-6H3/t21-,22-,23-/m0/s1. The van der Waals surface area contributed by atoms with Gasteiger partial charge in [0.1, 0.15) is 0 Å². The SMILES string of the molecule is C#C[C@@H]([C@H](Cc1ccccc1)NS(=O)(=O)c1c(C)cc(C)cc1C)[C@@H](O)C(C)C. The average Bonchev–Trinajstić information content (AvgIpc) is 2.61. The molecule has 2 rings (SSSR count). The van der Waals surface area contributed by atoms with Crippen molar-refractivity contribution in [3.63, 3.8) is 0 Å². The molecule has 0 aliphatic heterocycles. The van der Waals surface area contributed by atoms with Gasteiger partial charge in [-0.3, -0.25) is 0 Å². The van der Waals surface area contributed by atoms with Gasteiger partial charge in [-0.25, -0.2) is 13.1 Å². The number of hydrogen-bond donors (Lipinski definition) is 2. The number of sulfonamides is 1. The topological polar surface area (TPSA) is 66.4 Å². The van der Waals surface area contributed by atoms with Gasteiger partial charge in [0.25, 0.3) is 0 Å². The molecule has 156 valence electrons. The summed E-state index contributed by atoms with van der Waals surface area (Å²) in [5.41, 5.74) is 3.34. The maximum atomic E-state index is 13.3. The molecule has 0 bridgehead atoms. The predicted octanol–water partition coefficient (Wildman–Crippen LogP) is 3.77. The zero-order chi connectivity index (χ0) is 21.8. The number of rotatable bonds is 8. The number of benzene rings is 2. The second-order valence-corrected chi connectivity index (χ2v) is 9.72. The predicted molar refractivity (Wildman–Crippen MR) is 118 cm³/mol. The van der Waals surface area contributed by atoms with E-state index in [4.69, 9.17) is 6.42 Å². The monoisotopic (exact) mass is 413 g/mol. The molecule has 0 heterocycles. The van der Waals surface area contributed by atoms with E-state index in [2.05, 4.69) is 10.6 Å². The van der Waals surface area contributed by atoms with Gasteiger partial charge in [-0.1, -0.05) is 67.8 Å². The molecule has 0 aliphatic carbocycles. The van der Waals surface area contributed by atoms with Gasteiger partial charge in [-0.15, -0.1) is 6.42 Å². The van der Waals surface area contributed by atoms with Crippen LogP contribution in [0, 0.1) is 45.0 Å². The lowest BCUT2D eigenvalue weighted by Crippen LogP contribution is -2.47. The van der Waals surface area contributed by atoms with Crippen LogP contribution in [0.15, 0.2) is 47.4 Å². The van der Waals surface area contributed by atoms with E-state index in [1.807, 2.05) is 63.2 Å². The van der Waals surface area contributed by atoms with Crippen LogP contribution in [0.25, 0.3) is 0 Å². The molecule has 0 fully saturated rings. The maximum Gasteiger partial charge on any atom is 0.241 e. The lowest BCUT2D eigenvalue weighted by Gasteiger charge is -2.30. The fourth-order valence-corrected chi connectivity index (χ4v) is 5.54. The minimum absolute atomic E-state index is 0.0957. The summed E-state index contributed by atoms with van der Waals surface area (Å²) in [4.78, 5) is 0.274. The highest BCUT2D eigenvalue weighted by atomic mass is 32.2. The van der Waals surface area contributed by atoms with Crippen LogP contribution >= 0.6 is 0 Å². The minimum Gasteiger partial charge on any atom is -0.392 e. The largest absolute Gasteiger partial charge is 0.392 e. The van der Waals surface area contributed by atoms with Crippen molar-refractivity contribution in [2.75, 3.05) is 0 Å². The number of hydrogen-bond acceptors (Lipinski definition) is 3. The average molecular weight is 414 g/mol. The summed E-state index contributed by atoms with van der Waals surface area (Å²) in [7, 11) is -3.83. The maximum absolute atomic E-state index is 13.3. The molecular formula is C24H31NO3S. The quantitative estimate of drug-likeness (QED) is 0.648. The fourth-order valence-electron chi connectivity index (χ4n) is 3.83. The lowest BCUT2D eigenvalue weighted by atomic mass is 9.85. The summed E-state index contributed by atoms with van der Waals surface area (Å²) >= 11 is 0. The Morgan fingerprint density at radius 1 is 1.07 bits per heavy atom. The van der Waals surface area contributed by atoms with Crippen molar-refractivity contribution in [2.24, 2.45) is 11.8 Å². The van der Waals surface area contributed by atoms with Crippen LogP contribution in [0.5, 0.6) is 0 Å². The van der Waals surface area contributed by atoms with E-state index in [-0.39, 0.29) is 10.8 Å². The summed E-state index contributed by atoms with van der Waals surface area (Å²) < 4.78 is 29.5. The molecule has 0 spiro atoms. The number of nitrogens with one attached hydrogen (secondary N) is 1. The van der Waals surface area contributed by atoms with Gasteiger partial charge in [-0.2, -0.15) is 0 Å². The van der Waals surface area contributed by atoms with Crippen LogP contribution in [0.3, 0.4) is 0 Å². The summed E-state index contributed by atoms with van der Waals surface area (Å²) in [6.45, 7) is 9.27. The Hall–Kier alpha value is -2.13. The van der Waals surface area contributed by atoms with E-state index < -0.39 is 28.1 Å². The van der Waals surface area contributed by atoms with Gasteiger partial charge in [0.15, 0.2) is 0 Å². The molecule has 4 nitrogen and oxygen atoms in total. The summed E-state index contributed by atoms with van der Waals surface area (Å²) in [6.07, 6.45) is 5.33. The second-order valence-electron chi connectivity index (χ2n) is 8.07. The first-order valence-corrected chi connectivity index (χ1v) is 11.3. The fraction of sp³-hybridized carbons (Fsp3) is 0.417. The lowest BCUT2D eigenvalue weighted by molar-refractivity contribution is 0.0748. The molecule has 0 saturated carbocycles. The Kier molecular flexibility index (Phi) is 7.65. The molecule has 2 N–H and O–H groups in total. The third-order valence-electron chi connectivity index (χ3n) is 5.16. The molecular weight excluding hydrogens is 382 g/mol. The van der Waals surface area contributed by atoms with E-state index in [9.17, 15) is 13.5 Å². The smallest absolute Gasteiger partial charge is 0.241 e. The van der Waals surface area contributed by atoms with Crippen molar-refractivity contribution in [3.05, 3.63) is 64.7 Å². The minimum atomic E-state index is -3.83. The first-order chi connectivity index (χ1) is 13.6. The summed E-state index contributed by atoms with van der Waals surface area (Å²) in [5, 5.41) is 10.7. The molecule has 0 saturated heterocycles. The highest BCUT2D eigenvalue weighted by Crippen LogP contribution is 2.25. The van der Waals surface area contributed by atoms with Gasteiger partial charge >= 0.3 is 0 Å². The molecule has 0 radical (unpaired) electrons. The molecule has 29 heavy (non-hydrogen) atoms. The third kappa shape index (κ3) is 5.70. The van der Waals surface area contributed by atoms with E-state index >= 15 is 0 Å². The van der Waals surface area contributed by atoms with Crippen molar-refractivity contribution >= 4 is 10.0 Å². The van der Waals surface area contributed by atoms with Gasteiger partial charge in [0.05, 0.1) is 16.9 Å². The van der Waals surface area contributed by atoms with Crippen molar-refractivity contribution < 1.29 is 13.5 Å². The van der Waals surface area contributed by atoms with Gasteiger partial charge < -0.3 is 5.11 Å². The number of aryl methyl sites for hydroxylation is 3. The van der Waals surface area contributed by atoms with Crippen LogP contribution in [0.4, 0.5) is 0 Å². The van der Waals surface area contributed by atoms with E-state index in [0.29, 0.717) is 17.5 Å². The van der Waals surface area contributed by atoms with E-state index in [1.54, 1.807) is 13.8 Å². The van der Waals surface area contributed by atoms with Crippen molar-refractivity contribution in [1.29, 1.82) is 0 Å². The molecule has 2 aromatic rings. The van der Waals surface area contributed by atoms with Crippen LogP contribution in [-0.2, 0) is 16.4 Å². The van der Waals surface area contributed by atoms with Crippen LogP contribution in [0.2, 0.25) is 0 Å². The Balaban J connectivity index is 2.47. The number of aliphatic hydroxyl groups is 1. The Morgan fingerprint density at radius 3 is 2.10 bits per heavy atom. The second kappa shape index (κ2) is 9.58. The highest BCUT2D eigenvalue weighted by molar-refractivity contribution is 7.89. The van der Waals surface area contributed by atoms with E-state index in [1.165, 1.54) is 0 Å². The highest BCUT2D eigenvalue weighted by Gasteiger charge is 2.33. The Labute approximate surface area is 175 Å². The van der Waals surface area contributed by atoms with Crippen molar-refractivity contribution in [3.8, 4) is 12.3 Å².